The third kappa shape index (κ3) is 4.63. The van der Waals surface area contributed by atoms with Gasteiger partial charge in [0.15, 0.2) is 0 Å². The average molecular weight is 251 g/mol. The highest BCUT2D eigenvalue weighted by atomic mass is 16.5. The van der Waals surface area contributed by atoms with Gasteiger partial charge in [-0.15, -0.1) is 0 Å². The normalized spacial score (nSPS) is 11.8. The summed E-state index contributed by atoms with van der Waals surface area (Å²) in [6.07, 6.45) is 0.972. The second kappa shape index (κ2) is 6.86. The van der Waals surface area contributed by atoms with Gasteiger partial charge in [-0.1, -0.05) is 6.07 Å². The lowest BCUT2D eigenvalue weighted by molar-refractivity contribution is -0.121. The summed E-state index contributed by atoms with van der Waals surface area (Å²) in [6.45, 7) is 1.94. The van der Waals surface area contributed by atoms with Gasteiger partial charge in [0, 0.05) is 32.3 Å². The maximum absolute atomic E-state index is 11.0. The smallest absolute Gasteiger partial charge is 0.234 e. The number of ether oxygens (including phenoxy) is 1. The number of hydrazine groups is 1. The Hall–Kier alpha value is -1.75. The van der Waals surface area contributed by atoms with Crippen molar-refractivity contribution in [2.24, 2.45) is 5.84 Å². The zero-order valence-electron chi connectivity index (χ0n) is 11.1. The van der Waals surface area contributed by atoms with E-state index >= 15 is 0 Å². The Morgan fingerprint density at radius 1 is 1.50 bits per heavy atom. The van der Waals surface area contributed by atoms with Crippen LogP contribution in [0.5, 0.6) is 5.75 Å². The van der Waals surface area contributed by atoms with E-state index in [4.69, 9.17) is 10.6 Å². The molecule has 0 aromatic heterocycles. The molecule has 1 unspecified atom stereocenters. The van der Waals surface area contributed by atoms with Crippen LogP contribution in [0.4, 0.5) is 5.69 Å². The summed E-state index contributed by atoms with van der Waals surface area (Å²) in [4.78, 5) is 13.0. The van der Waals surface area contributed by atoms with E-state index in [1.807, 2.05) is 50.2 Å². The minimum absolute atomic E-state index is 0.0280. The van der Waals surface area contributed by atoms with Crippen LogP contribution in [0.25, 0.3) is 0 Å². The summed E-state index contributed by atoms with van der Waals surface area (Å²) in [7, 11) is 3.96. The number of benzene rings is 1. The summed E-state index contributed by atoms with van der Waals surface area (Å²) in [5, 5.41) is 0. The Morgan fingerprint density at radius 2 is 2.22 bits per heavy atom. The van der Waals surface area contributed by atoms with Crippen LogP contribution in [0.1, 0.15) is 19.8 Å². The molecule has 18 heavy (non-hydrogen) atoms. The minimum atomic E-state index is -0.174. The highest BCUT2D eigenvalue weighted by Gasteiger charge is 2.08. The highest BCUT2D eigenvalue weighted by molar-refractivity contribution is 5.75. The summed E-state index contributed by atoms with van der Waals surface area (Å²) >= 11 is 0. The molecule has 1 amide bonds. The zero-order chi connectivity index (χ0) is 13.5. The molecule has 0 bridgehead atoms. The monoisotopic (exact) mass is 251 g/mol. The van der Waals surface area contributed by atoms with Crippen LogP contribution >= 0.6 is 0 Å². The van der Waals surface area contributed by atoms with Crippen molar-refractivity contribution in [3.8, 4) is 5.75 Å². The summed E-state index contributed by atoms with van der Waals surface area (Å²) in [5.74, 6) is 5.65. The fraction of sp³-hybridized carbons (Fsp3) is 0.462. The first-order valence-corrected chi connectivity index (χ1v) is 5.96. The third-order valence-corrected chi connectivity index (χ3v) is 2.61. The van der Waals surface area contributed by atoms with Gasteiger partial charge in [-0.05, 0) is 25.5 Å². The van der Waals surface area contributed by atoms with Gasteiger partial charge in [-0.3, -0.25) is 10.2 Å². The molecule has 3 N–H and O–H groups in total. The second-order valence-electron chi connectivity index (χ2n) is 4.43. The molecule has 0 saturated carbocycles. The van der Waals surface area contributed by atoms with Gasteiger partial charge in [0.2, 0.25) is 5.91 Å². The fourth-order valence-electron chi connectivity index (χ4n) is 1.53. The van der Waals surface area contributed by atoms with Crippen LogP contribution in [0.2, 0.25) is 0 Å². The lowest BCUT2D eigenvalue weighted by atomic mass is 10.2. The first kappa shape index (κ1) is 14.3. The molecular weight excluding hydrogens is 230 g/mol. The molecule has 1 rings (SSSR count). The van der Waals surface area contributed by atoms with Gasteiger partial charge in [0.25, 0.3) is 0 Å². The predicted octanol–water partition coefficient (Wildman–Crippen LogP) is 1.29. The van der Waals surface area contributed by atoms with Crippen molar-refractivity contribution in [3.63, 3.8) is 0 Å². The maximum Gasteiger partial charge on any atom is 0.234 e. The number of amides is 1. The highest BCUT2D eigenvalue weighted by Crippen LogP contribution is 2.21. The standard InChI is InChI=1S/C13H21N3O2/c1-10(7-8-13(17)15-14)18-12-6-4-5-11(9-12)16(2)3/h4-6,9-10H,7-8,14H2,1-3H3,(H,15,17). The number of hydrogen-bond acceptors (Lipinski definition) is 4. The number of nitrogens with zero attached hydrogens (tertiary/aromatic N) is 1. The molecule has 0 aliphatic carbocycles. The number of nitrogens with two attached hydrogens (primary N) is 1. The average Bonchev–Trinajstić information content (AvgIpc) is 2.36. The first-order chi connectivity index (χ1) is 8.52. The first-order valence-electron chi connectivity index (χ1n) is 5.96. The van der Waals surface area contributed by atoms with Crippen molar-refractivity contribution in [3.05, 3.63) is 24.3 Å². The Labute approximate surface area is 108 Å². The quantitative estimate of drug-likeness (QED) is 0.454. The van der Waals surface area contributed by atoms with Crippen LogP contribution in [0.3, 0.4) is 0 Å². The Bertz CT molecular complexity index is 394. The van der Waals surface area contributed by atoms with Crippen molar-refractivity contribution < 1.29 is 9.53 Å². The van der Waals surface area contributed by atoms with E-state index in [0.717, 1.165) is 11.4 Å². The number of nitrogens with one attached hydrogen (secondary N) is 1. The van der Waals surface area contributed by atoms with Crippen molar-refractivity contribution in [1.82, 2.24) is 5.43 Å². The van der Waals surface area contributed by atoms with E-state index in [1.54, 1.807) is 0 Å². The number of rotatable bonds is 6. The molecule has 0 heterocycles. The van der Waals surface area contributed by atoms with Crippen LogP contribution in [-0.4, -0.2) is 26.1 Å². The third-order valence-electron chi connectivity index (χ3n) is 2.61. The lowest BCUT2D eigenvalue weighted by Gasteiger charge is -2.17. The summed E-state index contributed by atoms with van der Waals surface area (Å²) in [6, 6.07) is 7.84. The maximum atomic E-state index is 11.0. The van der Waals surface area contributed by atoms with E-state index < -0.39 is 0 Å². The van der Waals surface area contributed by atoms with Crippen molar-refractivity contribution in [2.75, 3.05) is 19.0 Å². The Morgan fingerprint density at radius 3 is 2.83 bits per heavy atom. The van der Waals surface area contributed by atoms with Gasteiger partial charge >= 0.3 is 0 Å². The molecule has 0 aliphatic heterocycles. The van der Waals surface area contributed by atoms with Crippen molar-refractivity contribution >= 4 is 11.6 Å². The van der Waals surface area contributed by atoms with E-state index in [-0.39, 0.29) is 12.0 Å². The van der Waals surface area contributed by atoms with Crippen LogP contribution in [0, 0.1) is 0 Å². The van der Waals surface area contributed by atoms with Crippen LogP contribution in [-0.2, 0) is 4.79 Å². The second-order valence-corrected chi connectivity index (χ2v) is 4.43. The molecule has 100 valence electrons. The summed E-state index contributed by atoms with van der Waals surface area (Å²) in [5.41, 5.74) is 3.19. The fourth-order valence-corrected chi connectivity index (χ4v) is 1.53. The molecule has 0 spiro atoms. The molecule has 0 fully saturated rings. The van der Waals surface area contributed by atoms with Gasteiger partial charge in [-0.25, -0.2) is 5.84 Å². The lowest BCUT2D eigenvalue weighted by Crippen LogP contribution is -2.30. The van der Waals surface area contributed by atoms with Crippen molar-refractivity contribution in [2.45, 2.75) is 25.9 Å². The Kier molecular flexibility index (Phi) is 5.45. The Balaban J connectivity index is 2.51. The SMILES string of the molecule is CC(CCC(=O)NN)Oc1cccc(N(C)C)c1. The minimum Gasteiger partial charge on any atom is -0.491 e. The molecule has 1 aromatic rings. The topological polar surface area (TPSA) is 67.6 Å². The molecule has 1 aromatic carbocycles. The van der Waals surface area contributed by atoms with E-state index in [1.165, 1.54) is 0 Å². The van der Waals surface area contributed by atoms with Gasteiger partial charge < -0.3 is 9.64 Å². The predicted molar refractivity (Wildman–Crippen MR) is 72.4 cm³/mol. The number of carbonyl (C=O) groups is 1. The van der Waals surface area contributed by atoms with Crippen LogP contribution in [0.15, 0.2) is 24.3 Å². The zero-order valence-corrected chi connectivity index (χ0v) is 11.1. The van der Waals surface area contributed by atoms with E-state index in [0.29, 0.717) is 12.8 Å². The van der Waals surface area contributed by atoms with E-state index in [9.17, 15) is 4.79 Å². The molecule has 0 radical (unpaired) electrons. The van der Waals surface area contributed by atoms with Crippen LogP contribution < -0.4 is 20.9 Å². The molecule has 0 aliphatic rings. The number of anilines is 1. The van der Waals surface area contributed by atoms with Crippen molar-refractivity contribution in [1.29, 1.82) is 0 Å². The summed E-state index contributed by atoms with van der Waals surface area (Å²) < 4.78 is 5.75. The molecule has 5 heteroatoms. The largest absolute Gasteiger partial charge is 0.491 e. The van der Waals surface area contributed by atoms with E-state index in [2.05, 4.69) is 5.43 Å². The molecule has 0 saturated heterocycles. The van der Waals surface area contributed by atoms with Gasteiger partial charge in [0.1, 0.15) is 5.75 Å². The number of carbonyl (C=O) groups excluding carboxylic acids is 1. The molecule has 5 nitrogen and oxygen atoms in total. The number of hydrogen-bond donors (Lipinski definition) is 2. The van der Waals surface area contributed by atoms with Gasteiger partial charge in [0.05, 0.1) is 6.10 Å². The molecular formula is C13H21N3O2. The molecule has 1 atom stereocenters. The van der Waals surface area contributed by atoms with Gasteiger partial charge in [-0.2, -0.15) is 0 Å².